The highest BCUT2D eigenvalue weighted by atomic mass is 35.5. The summed E-state index contributed by atoms with van der Waals surface area (Å²) < 4.78 is 4.95. The normalized spacial score (nSPS) is 16.1. The minimum atomic E-state index is -0.663. The van der Waals surface area contributed by atoms with Crippen LogP contribution in [0.3, 0.4) is 0 Å². The summed E-state index contributed by atoms with van der Waals surface area (Å²) in [5.74, 6) is 0.0267. The van der Waals surface area contributed by atoms with Crippen LogP contribution in [0.5, 0.6) is 0 Å². The molecule has 1 unspecified atom stereocenters. The summed E-state index contributed by atoms with van der Waals surface area (Å²) in [5, 5.41) is 4.06. The van der Waals surface area contributed by atoms with Gasteiger partial charge < -0.3 is 15.0 Å². The van der Waals surface area contributed by atoms with Crippen LogP contribution in [0, 0.1) is 0 Å². The number of allylic oxidation sites excluding steroid dienone is 1. The Kier molecular flexibility index (Phi) is 5.38. The molecule has 0 saturated heterocycles. The van der Waals surface area contributed by atoms with Crippen molar-refractivity contribution >= 4 is 35.1 Å². The maximum absolute atomic E-state index is 12.9. The first-order valence-corrected chi connectivity index (χ1v) is 9.41. The van der Waals surface area contributed by atoms with Crippen molar-refractivity contribution in [3.63, 3.8) is 0 Å². The molecule has 136 valence electrons. The fourth-order valence-corrected chi connectivity index (χ4v) is 3.88. The Labute approximate surface area is 160 Å². The first-order valence-electron chi connectivity index (χ1n) is 8.05. The van der Waals surface area contributed by atoms with Gasteiger partial charge in [0, 0.05) is 10.7 Å². The van der Waals surface area contributed by atoms with Crippen molar-refractivity contribution < 1.29 is 9.53 Å². The molecule has 2 heterocycles. The molecule has 6 nitrogen and oxygen atoms in total. The zero-order chi connectivity index (χ0) is 18.8. The number of methoxy groups -OCH3 is 1. The van der Waals surface area contributed by atoms with Crippen molar-refractivity contribution in [2.75, 3.05) is 18.2 Å². The molecular formula is C18H18ClN3O3S. The molecule has 0 saturated carbocycles. The molecule has 1 aliphatic rings. The van der Waals surface area contributed by atoms with Crippen molar-refractivity contribution in [3.05, 3.63) is 62.0 Å². The van der Waals surface area contributed by atoms with Gasteiger partial charge in [0.15, 0.2) is 5.16 Å². The molecule has 3 rings (SSSR count). The van der Waals surface area contributed by atoms with E-state index < -0.39 is 11.9 Å². The number of hydrogen-bond acceptors (Lipinski definition) is 6. The Bertz CT molecular complexity index is 955. The van der Waals surface area contributed by atoms with Crippen LogP contribution in [0.1, 0.15) is 30.9 Å². The number of benzene rings is 1. The van der Waals surface area contributed by atoms with Crippen LogP contribution in [-0.2, 0) is 9.53 Å². The minimum absolute atomic E-state index is 0.308. The third-order valence-electron chi connectivity index (χ3n) is 4.12. The average Bonchev–Trinajstić information content (AvgIpc) is 2.60. The zero-order valence-electron chi connectivity index (χ0n) is 14.6. The van der Waals surface area contributed by atoms with Crippen LogP contribution in [0.4, 0.5) is 5.82 Å². The van der Waals surface area contributed by atoms with Gasteiger partial charge in [-0.3, -0.25) is 4.79 Å². The number of aromatic nitrogens is 2. The number of carbonyl (C=O) groups is 1. The number of rotatable bonds is 4. The second-order valence-electron chi connectivity index (χ2n) is 5.68. The smallest absolute Gasteiger partial charge is 0.336 e. The maximum Gasteiger partial charge on any atom is 0.336 e. The molecular weight excluding hydrogens is 374 g/mol. The molecule has 1 aromatic heterocycles. The quantitative estimate of drug-likeness (QED) is 0.471. The summed E-state index contributed by atoms with van der Waals surface area (Å²) in [6.07, 6.45) is 0. The van der Waals surface area contributed by atoms with Crippen LogP contribution in [0.15, 0.2) is 45.5 Å². The fourth-order valence-electron chi connectivity index (χ4n) is 3.04. The van der Waals surface area contributed by atoms with E-state index in [1.54, 1.807) is 25.1 Å². The fraction of sp³-hybridized carbons (Fsp3) is 0.278. The van der Waals surface area contributed by atoms with E-state index in [1.807, 2.05) is 13.0 Å². The van der Waals surface area contributed by atoms with Crippen molar-refractivity contribution in [1.82, 2.24) is 9.97 Å². The predicted octanol–water partition coefficient (Wildman–Crippen LogP) is 3.54. The molecule has 0 fully saturated rings. The molecule has 2 aromatic rings. The molecule has 0 aliphatic carbocycles. The summed E-state index contributed by atoms with van der Waals surface area (Å²) in [6.45, 7) is 3.74. The number of nitrogens with one attached hydrogen (secondary N) is 2. The first kappa shape index (κ1) is 18.5. The number of ether oxygens (including phenoxy) is 1. The van der Waals surface area contributed by atoms with Gasteiger partial charge in [0.25, 0.3) is 5.56 Å². The molecule has 1 aromatic carbocycles. The number of anilines is 1. The summed E-state index contributed by atoms with van der Waals surface area (Å²) in [5.41, 5.74) is 1.62. The van der Waals surface area contributed by atoms with E-state index in [-0.39, 0.29) is 5.56 Å². The van der Waals surface area contributed by atoms with Crippen molar-refractivity contribution in [2.45, 2.75) is 24.9 Å². The number of hydrogen-bond donors (Lipinski definition) is 2. The number of carbonyl (C=O) groups excluding carboxylic acids is 1. The van der Waals surface area contributed by atoms with Crippen molar-refractivity contribution in [2.24, 2.45) is 0 Å². The van der Waals surface area contributed by atoms with E-state index in [1.165, 1.54) is 18.9 Å². The Morgan fingerprint density at radius 1 is 1.38 bits per heavy atom. The second-order valence-corrected chi connectivity index (χ2v) is 7.34. The van der Waals surface area contributed by atoms with Crippen LogP contribution >= 0.6 is 23.4 Å². The number of thioether (sulfide) groups is 1. The van der Waals surface area contributed by atoms with Gasteiger partial charge in [-0.25, -0.2) is 9.78 Å². The lowest BCUT2D eigenvalue weighted by Gasteiger charge is -2.29. The Balaban J connectivity index is 2.29. The number of nitrogens with zero attached hydrogens (tertiary/aromatic N) is 1. The molecule has 1 atom stereocenters. The summed E-state index contributed by atoms with van der Waals surface area (Å²) in [7, 11) is 1.31. The largest absolute Gasteiger partial charge is 0.466 e. The molecule has 0 radical (unpaired) electrons. The Hall–Kier alpha value is -2.25. The van der Waals surface area contributed by atoms with Crippen molar-refractivity contribution in [1.29, 1.82) is 0 Å². The Morgan fingerprint density at radius 3 is 2.77 bits per heavy atom. The number of halogens is 1. The zero-order valence-corrected chi connectivity index (χ0v) is 16.1. The molecule has 2 N–H and O–H groups in total. The minimum Gasteiger partial charge on any atom is -0.466 e. The topological polar surface area (TPSA) is 84.1 Å². The highest BCUT2D eigenvalue weighted by molar-refractivity contribution is 7.99. The highest BCUT2D eigenvalue weighted by Gasteiger charge is 2.37. The maximum atomic E-state index is 12.9. The molecule has 0 bridgehead atoms. The number of aromatic amines is 1. The van der Waals surface area contributed by atoms with Gasteiger partial charge in [0.05, 0.1) is 24.2 Å². The molecule has 1 aliphatic heterocycles. The van der Waals surface area contributed by atoms with Gasteiger partial charge >= 0.3 is 5.97 Å². The average molecular weight is 392 g/mol. The predicted molar refractivity (Wildman–Crippen MR) is 103 cm³/mol. The number of fused-ring (bicyclic) bond motifs is 1. The summed E-state index contributed by atoms with van der Waals surface area (Å²) in [4.78, 5) is 32.6. The first-order chi connectivity index (χ1) is 12.5. The number of H-pyrrole nitrogens is 1. The van der Waals surface area contributed by atoms with Gasteiger partial charge in [-0.05, 0) is 24.3 Å². The lowest BCUT2D eigenvalue weighted by Crippen LogP contribution is -2.31. The summed E-state index contributed by atoms with van der Waals surface area (Å²) >= 11 is 7.82. The van der Waals surface area contributed by atoms with Gasteiger partial charge in [-0.2, -0.15) is 0 Å². The van der Waals surface area contributed by atoms with Gasteiger partial charge in [0.2, 0.25) is 0 Å². The van der Waals surface area contributed by atoms with E-state index in [0.29, 0.717) is 38.4 Å². The third-order valence-corrected chi connectivity index (χ3v) is 5.22. The highest BCUT2D eigenvalue weighted by Crippen LogP contribution is 2.42. The lowest BCUT2D eigenvalue weighted by atomic mass is 9.82. The van der Waals surface area contributed by atoms with Crippen LogP contribution in [-0.4, -0.2) is 28.8 Å². The monoisotopic (exact) mass is 391 g/mol. The van der Waals surface area contributed by atoms with Crippen LogP contribution in [0.25, 0.3) is 0 Å². The van der Waals surface area contributed by atoms with E-state index >= 15 is 0 Å². The van der Waals surface area contributed by atoms with E-state index in [9.17, 15) is 9.59 Å². The van der Waals surface area contributed by atoms with E-state index in [0.717, 1.165) is 5.75 Å². The summed E-state index contributed by atoms with van der Waals surface area (Å²) in [6, 6.07) is 7.14. The molecule has 8 heteroatoms. The molecule has 26 heavy (non-hydrogen) atoms. The van der Waals surface area contributed by atoms with Gasteiger partial charge in [-0.15, -0.1) is 0 Å². The van der Waals surface area contributed by atoms with Crippen molar-refractivity contribution in [3.8, 4) is 0 Å². The Morgan fingerprint density at radius 2 is 2.12 bits per heavy atom. The van der Waals surface area contributed by atoms with E-state index in [4.69, 9.17) is 16.3 Å². The van der Waals surface area contributed by atoms with Gasteiger partial charge in [-0.1, -0.05) is 48.5 Å². The third kappa shape index (κ3) is 3.24. The molecule has 0 spiro atoms. The standard InChI is InChI=1S/C18H18ClN3O3S/c1-4-26-18-21-15-14(16(23)22-18)13(10-7-5-6-8-11(10)19)12(9(2)20-15)17(24)25-3/h5-8,13H,4H2,1-3H3,(H2,20,21,22,23). The number of esters is 1. The van der Waals surface area contributed by atoms with Crippen LogP contribution in [0.2, 0.25) is 5.02 Å². The van der Waals surface area contributed by atoms with Gasteiger partial charge in [0.1, 0.15) is 5.82 Å². The van der Waals surface area contributed by atoms with E-state index in [2.05, 4.69) is 15.3 Å². The lowest BCUT2D eigenvalue weighted by molar-refractivity contribution is -0.136. The SMILES string of the molecule is CCSc1nc2c(c(=O)[nH]1)C(c1ccccc1Cl)C(C(=O)OC)=C(C)N2. The van der Waals surface area contributed by atoms with Crippen LogP contribution < -0.4 is 10.9 Å². The second kappa shape index (κ2) is 7.55. The molecule has 0 amide bonds.